The number of nitrogens with one attached hydrogen (secondary N) is 2. The molecule has 1 fully saturated rings. The van der Waals surface area contributed by atoms with Crippen molar-refractivity contribution in [2.45, 2.75) is 51.5 Å². The van der Waals surface area contributed by atoms with Gasteiger partial charge in [0.25, 0.3) is 0 Å². The third-order valence-electron chi connectivity index (χ3n) is 4.29. The molecule has 2 heterocycles. The predicted molar refractivity (Wildman–Crippen MR) is 85.1 cm³/mol. The van der Waals surface area contributed by atoms with E-state index in [1.54, 1.807) is 11.3 Å². The first-order chi connectivity index (χ1) is 9.69. The Bertz CT molecular complexity index is 612. The van der Waals surface area contributed by atoms with E-state index < -0.39 is 0 Å². The molecule has 0 aromatic carbocycles. The van der Waals surface area contributed by atoms with Crippen molar-refractivity contribution in [1.82, 2.24) is 9.97 Å². The molecular weight excluding hydrogens is 270 g/mol. The molecule has 0 bridgehead atoms. The standard InChI is InChI=1S/C14H21N5S/c1-3-9-8-10-11(18-14(4-2)6-5-7-14)16-13(19-15)17-12(10)20-9/h8H,3-7,15H2,1-2H3,(H2,16,17,18,19). The highest BCUT2D eigenvalue weighted by Gasteiger charge is 2.35. The Balaban J connectivity index is 2.05. The van der Waals surface area contributed by atoms with Crippen LogP contribution in [0.1, 0.15) is 44.4 Å². The number of thiophene rings is 1. The molecular formula is C14H21N5S. The zero-order chi connectivity index (χ0) is 14.2. The smallest absolute Gasteiger partial charge is 0.240 e. The van der Waals surface area contributed by atoms with E-state index in [1.165, 1.54) is 24.1 Å². The second-order valence-electron chi connectivity index (χ2n) is 5.44. The molecule has 0 atom stereocenters. The molecule has 0 aliphatic heterocycles. The van der Waals surface area contributed by atoms with Crippen LogP contribution in [0.4, 0.5) is 11.8 Å². The van der Waals surface area contributed by atoms with Crippen LogP contribution < -0.4 is 16.6 Å². The van der Waals surface area contributed by atoms with Gasteiger partial charge in [-0.15, -0.1) is 11.3 Å². The highest BCUT2D eigenvalue weighted by Crippen LogP contribution is 2.40. The maximum absolute atomic E-state index is 5.49. The lowest BCUT2D eigenvalue weighted by Gasteiger charge is -2.42. The Morgan fingerprint density at radius 1 is 1.35 bits per heavy atom. The largest absolute Gasteiger partial charge is 0.364 e. The number of nitrogen functional groups attached to an aromatic ring is 1. The van der Waals surface area contributed by atoms with Crippen LogP contribution >= 0.6 is 11.3 Å². The average Bonchev–Trinajstić information content (AvgIpc) is 2.85. The Kier molecular flexibility index (Phi) is 3.52. The van der Waals surface area contributed by atoms with Gasteiger partial charge in [-0.1, -0.05) is 13.8 Å². The fraction of sp³-hybridized carbons (Fsp3) is 0.571. The van der Waals surface area contributed by atoms with E-state index in [-0.39, 0.29) is 5.54 Å². The maximum Gasteiger partial charge on any atom is 0.240 e. The Morgan fingerprint density at radius 3 is 2.70 bits per heavy atom. The summed E-state index contributed by atoms with van der Waals surface area (Å²) in [7, 11) is 0. The van der Waals surface area contributed by atoms with E-state index in [2.05, 4.69) is 40.6 Å². The van der Waals surface area contributed by atoms with Gasteiger partial charge in [0.15, 0.2) is 0 Å². The van der Waals surface area contributed by atoms with Crippen LogP contribution in [-0.2, 0) is 6.42 Å². The van der Waals surface area contributed by atoms with Gasteiger partial charge >= 0.3 is 0 Å². The lowest BCUT2D eigenvalue weighted by atomic mass is 9.75. The molecule has 4 N–H and O–H groups in total. The third kappa shape index (κ3) is 2.23. The van der Waals surface area contributed by atoms with E-state index in [4.69, 9.17) is 5.84 Å². The van der Waals surface area contributed by atoms with Crippen LogP contribution in [0.15, 0.2) is 6.07 Å². The maximum atomic E-state index is 5.49. The van der Waals surface area contributed by atoms with Gasteiger partial charge in [-0.05, 0) is 38.2 Å². The average molecular weight is 291 g/mol. The summed E-state index contributed by atoms with van der Waals surface area (Å²) in [6.45, 7) is 4.39. The number of nitrogens with two attached hydrogens (primary N) is 1. The number of rotatable bonds is 5. The van der Waals surface area contributed by atoms with Crippen LogP contribution in [0, 0.1) is 0 Å². The first-order valence-electron chi connectivity index (χ1n) is 7.25. The minimum absolute atomic E-state index is 0.210. The number of hydrazine groups is 1. The van der Waals surface area contributed by atoms with Gasteiger partial charge in [-0.25, -0.2) is 10.8 Å². The highest BCUT2D eigenvalue weighted by atomic mass is 32.1. The molecule has 0 radical (unpaired) electrons. The fourth-order valence-electron chi connectivity index (χ4n) is 2.73. The molecule has 1 aliphatic carbocycles. The van der Waals surface area contributed by atoms with Crippen molar-refractivity contribution >= 4 is 33.3 Å². The molecule has 1 saturated carbocycles. The second kappa shape index (κ2) is 5.18. The first kappa shape index (κ1) is 13.6. The van der Waals surface area contributed by atoms with Crippen LogP contribution in [0.5, 0.6) is 0 Å². The SMILES string of the molecule is CCc1cc2c(NC3(CC)CCC3)nc(NN)nc2s1. The minimum Gasteiger partial charge on any atom is -0.364 e. The van der Waals surface area contributed by atoms with Crippen LogP contribution in [0.3, 0.4) is 0 Å². The van der Waals surface area contributed by atoms with Gasteiger partial charge in [-0.2, -0.15) is 4.98 Å². The Hall–Kier alpha value is -1.40. The summed E-state index contributed by atoms with van der Waals surface area (Å²) in [4.78, 5) is 11.3. The normalized spacial score (nSPS) is 16.9. The zero-order valence-electron chi connectivity index (χ0n) is 12.0. The molecule has 0 saturated heterocycles. The van der Waals surface area contributed by atoms with Crippen molar-refractivity contribution < 1.29 is 0 Å². The minimum atomic E-state index is 0.210. The number of aryl methyl sites for hydroxylation is 1. The number of fused-ring (bicyclic) bond motifs is 1. The number of nitrogens with zero attached hydrogens (tertiary/aromatic N) is 2. The van der Waals surface area contributed by atoms with Crippen LogP contribution in [0.25, 0.3) is 10.2 Å². The molecule has 108 valence electrons. The van der Waals surface area contributed by atoms with E-state index >= 15 is 0 Å². The molecule has 0 amide bonds. The summed E-state index contributed by atoms with van der Waals surface area (Å²) >= 11 is 1.71. The summed E-state index contributed by atoms with van der Waals surface area (Å²) in [5.41, 5.74) is 2.78. The van der Waals surface area contributed by atoms with E-state index in [0.29, 0.717) is 5.95 Å². The Labute approximate surface area is 123 Å². The summed E-state index contributed by atoms with van der Waals surface area (Å²) < 4.78 is 0. The van der Waals surface area contributed by atoms with Crippen LogP contribution in [0.2, 0.25) is 0 Å². The van der Waals surface area contributed by atoms with Gasteiger partial charge in [0.05, 0.1) is 5.39 Å². The topological polar surface area (TPSA) is 75.9 Å². The van der Waals surface area contributed by atoms with Crippen molar-refractivity contribution in [3.8, 4) is 0 Å². The zero-order valence-corrected chi connectivity index (χ0v) is 12.8. The molecule has 0 spiro atoms. The lowest BCUT2D eigenvalue weighted by Crippen LogP contribution is -2.44. The van der Waals surface area contributed by atoms with E-state index in [0.717, 1.165) is 28.9 Å². The van der Waals surface area contributed by atoms with Gasteiger partial charge in [-0.3, -0.25) is 5.43 Å². The molecule has 2 aromatic heterocycles. The van der Waals surface area contributed by atoms with E-state index in [1.807, 2.05) is 0 Å². The molecule has 0 unspecified atom stereocenters. The Morgan fingerprint density at radius 2 is 2.15 bits per heavy atom. The number of hydrogen-bond acceptors (Lipinski definition) is 6. The summed E-state index contributed by atoms with van der Waals surface area (Å²) in [5, 5.41) is 4.77. The van der Waals surface area contributed by atoms with Crippen molar-refractivity contribution in [2.24, 2.45) is 5.84 Å². The molecule has 20 heavy (non-hydrogen) atoms. The second-order valence-corrected chi connectivity index (χ2v) is 6.55. The molecule has 6 heteroatoms. The van der Waals surface area contributed by atoms with Gasteiger partial charge in [0.2, 0.25) is 5.95 Å². The number of anilines is 2. The number of hydrogen-bond donors (Lipinski definition) is 3. The van der Waals surface area contributed by atoms with E-state index in [9.17, 15) is 0 Å². The summed E-state index contributed by atoms with van der Waals surface area (Å²) in [6, 6.07) is 2.20. The molecule has 2 aromatic rings. The van der Waals surface area contributed by atoms with Gasteiger partial charge < -0.3 is 5.32 Å². The quantitative estimate of drug-likeness (QED) is 0.582. The lowest BCUT2D eigenvalue weighted by molar-refractivity contribution is 0.269. The predicted octanol–water partition coefficient (Wildman–Crippen LogP) is 3.28. The third-order valence-corrected chi connectivity index (χ3v) is 5.47. The first-order valence-corrected chi connectivity index (χ1v) is 8.06. The highest BCUT2D eigenvalue weighted by molar-refractivity contribution is 7.18. The van der Waals surface area contributed by atoms with Crippen molar-refractivity contribution in [2.75, 3.05) is 10.7 Å². The molecule has 1 aliphatic rings. The van der Waals surface area contributed by atoms with Crippen molar-refractivity contribution in [1.29, 1.82) is 0 Å². The summed E-state index contributed by atoms with van der Waals surface area (Å²) in [6.07, 6.45) is 5.86. The van der Waals surface area contributed by atoms with Crippen molar-refractivity contribution in [3.05, 3.63) is 10.9 Å². The fourth-order valence-corrected chi connectivity index (χ4v) is 3.69. The van der Waals surface area contributed by atoms with Gasteiger partial charge in [0.1, 0.15) is 10.6 Å². The van der Waals surface area contributed by atoms with Gasteiger partial charge in [0, 0.05) is 10.4 Å². The van der Waals surface area contributed by atoms with Crippen molar-refractivity contribution in [3.63, 3.8) is 0 Å². The van der Waals surface area contributed by atoms with Crippen LogP contribution in [-0.4, -0.2) is 15.5 Å². The summed E-state index contributed by atoms with van der Waals surface area (Å²) in [5.74, 6) is 6.89. The molecule has 5 nitrogen and oxygen atoms in total. The molecule has 3 rings (SSSR count). The number of aromatic nitrogens is 2. The monoisotopic (exact) mass is 291 g/mol.